The maximum Gasteiger partial charge on any atom is 0.0762 e. The minimum absolute atomic E-state index is 0.231. The minimum atomic E-state index is 0.231. The summed E-state index contributed by atoms with van der Waals surface area (Å²) in [6, 6.07) is 8.83. The average Bonchev–Trinajstić information content (AvgIpc) is 2.96. The highest BCUT2D eigenvalue weighted by Crippen LogP contribution is 2.15. The molecule has 0 saturated carbocycles. The standard InChI is InChI=1S/C16H24N4/c1-4-15(5-2)20-11-9-14(19-20)12-18-13(3)16-8-6-7-10-17-16/h6-11,13,15,18H,4-5,12H2,1-3H3/t13-/m0/s1. The van der Waals surface area contributed by atoms with E-state index in [1.54, 1.807) is 0 Å². The van der Waals surface area contributed by atoms with Gasteiger partial charge in [0.25, 0.3) is 0 Å². The van der Waals surface area contributed by atoms with Gasteiger partial charge in [0.05, 0.1) is 17.4 Å². The van der Waals surface area contributed by atoms with Crippen LogP contribution in [-0.2, 0) is 6.54 Å². The summed E-state index contributed by atoms with van der Waals surface area (Å²) >= 11 is 0. The van der Waals surface area contributed by atoms with Crippen molar-refractivity contribution in [2.24, 2.45) is 0 Å². The first-order chi connectivity index (χ1) is 9.74. The van der Waals surface area contributed by atoms with Crippen molar-refractivity contribution in [2.75, 3.05) is 0 Å². The molecule has 20 heavy (non-hydrogen) atoms. The zero-order valence-corrected chi connectivity index (χ0v) is 12.6. The number of pyridine rings is 1. The number of nitrogens with one attached hydrogen (secondary N) is 1. The molecule has 2 heterocycles. The molecule has 0 aliphatic rings. The first-order valence-corrected chi connectivity index (χ1v) is 7.43. The van der Waals surface area contributed by atoms with Crippen LogP contribution in [0.5, 0.6) is 0 Å². The van der Waals surface area contributed by atoms with Gasteiger partial charge in [0.15, 0.2) is 0 Å². The molecule has 0 saturated heterocycles. The van der Waals surface area contributed by atoms with Crippen molar-refractivity contribution >= 4 is 0 Å². The molecule has 4 heteroatoms. The van der Waals surface area contributed by atoms with E-state index in [9.17, 15) is 0 Å². The van der Waals surface area contributed by atoms with Gasteiger partial charge < -0.3 is 5.32 Å². The average molecular weight is 272 g/mol. The van der Waals surface area contributed by atoms with Crippen LogP contribution in [0.25, 0.3) is 0 Å². The van der Waals surface area contributed by atoms with Gasteiger partial charge in [-0.05, 0) is 38.0 Å². The van der Waals surface area contributed by atoms with Crippen LogP contribution in [0.3, 0.4) is 0 Å². The highest BCUT2D eigenvalue weighted by atomic mass is 15.3. The Morgan fingerprint density at radius 2 is 2.00 bits per heavy atom. The Kier molecular flexibility index (Phi) is 5.30. The zero-order valence-electron chi connectivity index (χ0n) is 12.6. The smallest absolute Gasteiger partial charge is 0.0762 e. The molecule has 1 atom stereocenters. The third-order valence-electron chi connectivity index (χ3n) is 3.70. The van der Waals surface area contributed by atoms with E-state index in [2.05, 4.69) is 53.1 Å². The van der Waals surface area contributed by atoms with E-state index in [0.717, 1.165) is 30.8 Å². The van der Waals surface area contributed by atoms with Crippen molar-refractivity contribution in [3.8, 4) is 0 Å². The van der Waals surface area contributed by atoms with Gasteiger partial charge in [0.1, 0.15) is 0 Å². The Morgan fingerprint density at radius 3 is 2.65 bits per heavy atom. The van der Waals surface area contributed by atoms with E-state index in [4.69, 9.17) is 0 Å². The third kappa shape index (κ3) is 3.67. The maximum atomic E-state index is 4.65. The van der Waals surface area contributed by atoms with Crippen LogP contribution in [0.2, 0.25) is 0 Å². The van der Waals surface area contributed by atoms with Gasteiger partial charge in [-0.15, -0.1) is 0 Å². The molecule has 2 rings (SSSR count). The number of rotatable bonds is 7. The number of hydrogen-bond donors (Lipinski definition) is 1. The summed E-state index contributed by atoms with van der Waals surface area (Å²) in [5.74, 6) is 0. The molecule has 2 aromatic rings. The topological polar surface area (TPSA) is 42.7 Å². The molecular formula is C16H24N4. The van der Waals surface area contributed by atoms with Gasteiger partial charge >= 0.3 is 0 Å². The van der Waals surface area contributed by atoms with Gasteiger partial charge in [-0.2, -0.15) is 5.10 Å². The van der Waals surface area contributed by atoms with Crippen LogP contribution in [0, 0.1) is 0 Å². The first-order valence-electron chi connectivity index (χ1n) is 7.43. The second kappa shape index (κ2) is 7.20. The van der Waals surface area contributed by atoms with Crippen LogP contribution >= 0.6 is 0 Å². The highest BCUT2D eigenvalue weighted by Gasteiger charge is 2.09. The summed E-state index contributed by atoms with van der Waals surface area (Å²) in [4.78, 5) is 4.36. The monoisotopic (exact) mass is 272 g/mol. The van der Waals surface area contributed by atoms with Crippen LogP contribution in [0.4, 0.5) is 0 Å². The maximum absolute atomic E-state index is 4.65. The van der Waals surface area contributed by atoms with Gasteiger partial charge in [-0.1, -0.05) is 19.9 Å². The summed E-state index contributed by atoms with van der Waals surface area (Å²) in [5.41, 5.74) is 2.15. The minimum Gasteiger partial charge on any atom is -0.303 e. The molecule has 0 spiro atoms. The second-order valence-electron chi connectivity index (χ2n) is 5.11. The van der Waals surface area contributed by atoms with Crippen molar-refractivity contribution in [1.82, 2.24) is 20.1 Å². The van der Waals surface area contributed by atoms with Gasteiger partial charge in [0.2, 0.25) is 0 Å². The van der Waals surface area contributed by atoms with Crippen LogP contribution in [0.15, 0.2) is 36.7 Å². The molecule has 0 aliphatic carbocycles. The van der Waals surface area contributed by atoms with E-state index in [1.165, 1.54) is 0 Å². The SMILES string of the molecule is CCC(CC)n1ccc(CN[C@@H](C)c2ccccn2)n1. The fourth-order valence-electron chi connectivity index (χ4n) is 2.33. The van der Waals surface area contributed by atoms with Crippen LogP contribution in [-0.4, -0.2) is 14.8 Å². The lowest BCUT2D eigenvalue weighted by atomic mass is 10.2. The summed E-state index contributed by atoms with van der Waals surface area (Å²) in [6.07, 6.45) is 6.15. The van der Waals surface area contributed by atoms with Crippen molar-refractivity contribution in [1.29, 1.82) is 0 Å². The Labute approximate surface area is 121 Å². The zero-order chi connectivity index (χ0) is 14.4. The fourth-order valence-corrected chi connectivity index (χ4v) is 2.33. The van der Waals surface area contributed by atoms with Gasteiger partial charge in [0, 0.05) is 25.0 Å². The Bertz CT molecular complexity index is 502. The lowest BCUT2D eigenvalue weighted by Gasteiger charge is -2.13. The Balaban J connectivity index is 1.91. The first kappa shape index (κ1) is 14.7. The molecule has 0 unspecified atom stereocenters. The lowest BCUT2D eigenvalue weighted by molar-refractivity contribution is 0.422. The van der Waals surface area contributed by atoms with Gasteiger partial charge in [-0.3, -0.25) is 9.67 Å². The summed E-state index contributed by atoms with van der Waals surface area (Å²) in [5, 5.41) is 8.12. The van der Waals surface area contributed by atoms with Crippen molar-refractivity contribution in [3.63, 3.8) is 0 Å². The molecule has 108 valence electrons. The predicted molar refractivity (Wildman–Crippen MR) is 81.3 cm³/mol. The molecule has 2 aromatic heterocycles. The molecular weight excluding hydrogens is 248 g/mol. The van der Waals surface area contributed by atoms with E-state index < -0.39 is 0 Å². The lowest BCUT2D eigenvalue weighted by Crippen LogP contribution is -2.19. The normalized spacial score (nSPS) is 12.8. The van der Waals surface area contributed by atoms with E-state index in [-0.39, 0.29) is 6.04 Å². The number of aromatic nitrogens is 3. The van der Waals surface area contributed by atoms with Crippen molar-refractivity contribution < 1.29 is 0 Å². The van der Waals surface area contributed by atoms with E-state index >= 15 is 0 Å². The van der Waals surface area contributed by atoms with Crippen LogP contribution in [0.1, 0.15) is 57.1 Å². The molecule has 0 aromatic carbocycles. The van der Waals surface area contributed by atoms with Crippen molar-refractivity contribution in [2.45, 2.75) is 52.2 Å². The molecule has 0 bridgehead atoms. The number of nitrogens with zero attached hydrogens (tertiary/aromatic N) is 3. The highest BCUT2D eigenvalue weighted by molar-refractivity contribution is 5.08. The van der Waals surface area contributed by atoms with E-state index in [1.807, 2.05) is 24.4 Å². The molecule has 0 amide bonds. The van der Waals surface area contributed by atoms with Gasteiger partial charge in [-0.25, -0.2) is 0 Å². The second-order valence-corrected chi connectivity index (χ2v) is 5.11. The fraction of sp³-hybridized carbons (Fsp3) is 0.500. The van der Waals surface area contributed by atoms with E-state index in [0.29, 0.717) is 6.04 Å². The Hall–Kier alpha value is -1.68. The third-order valence-corrected chi connectivity index (χ3v) is 3.70. The molecule has 0 radical (unpaired) electrons. The quantitative estimate of drug-likeness (QED) is 0.839. The Morgan fingerprint density at radius 1 is 1.20 bits per heavy atom. The summed E-state index contributed by atoms with van der Waals surface area (Å²) in [7, 11) is 0. The number of hydrogen-bond acceptors (Lipinski definition) is 3. The summed E-state index contributed by atoms with van der Waals surface area (Å²) < 4.78 is 2.09. The molecule has 4 nitrogen and oxygen atoms in total. The van der Waals surface area contributed by atoms with Crippen LogP contribution < -0.4 is 5.32 Å². The van der Waals surface area contributed by atoms with Crippen molar-refractivity contribution in [3.05, 3.63) is 48.0 Å². The molecule has 0 fully saturated rings. The molecule has 1 N–H and O–H groups in total. The predicted octanol–water partition coefficient (Wildman–Crippen LogP) is 3.49. The summed E-state index contributed by atoms with van der Waals surface area (Å²) in [6.45, 7) is 7.30. The molecule has 0 aliphatic heterocycles. The largest absolute Gasteiger partial charge is 0.303 e.